The second-order valence-corrected chi connectivity index (χ2v) is 6.81. The fourth-order valence-electron chi connectivity index (χ4n) is 1.89. The zero-order chi connectivity index (χ0) is 20.1. The van der Waals surface area contributed by atoms with Gasteiger partial charge in [0, 0.05) is 17.5 Å². The van der Waals surface area contributed by atoms with Gasteiger partial charge in [-0.3, -0.25) is 9.59 Å². The van der Waals surface area contributed by atoms with Crippen LogP contribution in [0.15, 0.2) is 24.3 Å². The molecule has 0 heterocycles. The second-order valence-electron chi connectivity index (χ2n) is 6.81. The van der Waals surface area contributed by atoms with Gasteiger partial charge in [0.2, 0.25) is 5.91 Å². The lowest BCUT2D eigenvalue weighted by Gasteiger charge is -2.18. The van der Waals surface area contributed by atoms with Crippen LogP contribution in [-0.2, 0) is 16.1 Å². The average Bonchev–Trinajstić information content (AvgIpc) is 2.50. The molecule has 0 spiro atoms. The maximum absolute atomic E-state index is 12.4. The van der Waals surface area contributed by atoms with Gasteiger partial charge in [-0.15, -0.1) is 0 Å². The van der Waals surface area contributed by atoms with Crippen LogP contribution in [0.5, 0.6) is 0 Å². The maximum Gasteiger partial charge on any atom is 0.391 e. The molecule has 1 atom stereocenters. The minimum Gasteiger partial charge on any atom is -0.480 e. The van der Waals surface area contributed by atoms with Crippen molar-refractivity contribution in [1.82, 2.24) is 10.6 Å². The third-order valence-corrected chi connectivity index (χ3v) is 3.39. The molecule has 1 unspecified atom stereocenters. The second kappa shape index (κ2) is 8.20. The molecule has 144 valence electrons. The van der Waals surface area contributed by atoms with Gasteiger partial charge in [0.05, 0.1) is 6.42 Å². The molecule has 0 aliphatic carbocycles. The first-order chi connectivity index (χ1) is 11.8. The molecule has 3 N–H and O–H groups in total. The first-order valence-electron chi connectivity index (χ1n) is 7.77. The molecule has 1 aromatic carbocycles. The number of carboxylic acids is 1. The number of carboxylic acid groups (broad SMARTS) is 1. The van der Waals surface area contributed by atoms with Crippen LogP contribution in [0.25, 0.3) is 0 Å². The Labute approximate surface area is 148 Å². The minimum atomic E-state index is -4.72. The molecule has 0 saturated heterocycles. The van der Waals surface area contributed by atoms with Crippen LogP contribution in [-0.4, -0.2) is 35.1 Å². The molecule has 0 bridgehead atoms. The molecule has 1 rings (SSSR count). The Hall–Kier alpha value is -2.58. The third-order valence-electron chi connectivity index (χ3n) is 3.39. The van der Waals surface area contributed by atoms with E-state index in [4.69, 9.17) is 5.11 Å². The highest BCUT2D eigenvalue weighted by molar-refractivity contribution is 5.96. The lowest BCUT2D eigenvalue weighted by atomic mass is 9.95. The van der Waals surface area contributed by atoms with Crippen molar-refractivity contribution in [3.05, 3.63) is 35.4 Å². The van der Waals surface area contributed by atoms with Crippen LogP contribution in [0.3, 0.4) is 0 Å². The summed E-state index contributed by atoms with van der Waals surface area (Å²) in [5, 5.41) is 13.4. The van der Waals surface area contributed by atoms with Crippen molar-refractivity contribution in [2.75, 3.05) is 0 Å². The van der Waals surface area contributed by atoms with E-state index < -0.39 is 35.9 Å². The number of rotatable bonds is 6. The summed E-state index contributed by atoms with van der Waals surface area (Å²) in [5.41, 5.74) is 0.151. The first kappa shape index (κ1) is 21.5. The highest BCUT2D eigenvalue weighted by atomic mass is 19.4. The number of carbonyl (C=O) groups excluding carboxylic acids is 2. The highest BCUT2D eigenvalue weighted by Gasteiger charge is 2.36. The Morgan fingerprint density at radius 2 is 1.62 bits per heavy atom. The van der Waals surface area contributed by atoms with Crippen molar-refractivity contribution in [3.8, 4) is 0 Å². The van der Waals surface area contributed by atoms with Gasteiger partial charge < -0.3 is 15.7 Å². The number of aliphatic carboxylic acids is 1. The molecule has 6 nitrogen and oxygen atoms in total. The molecule has 0 aliphatic heterocycles. The summed E-state index contributed by atoms with van der Waals surface area (Å²) in [6.07, 6.45) is -6.38. The van der Waals surface area contributed by atoms with E-state index in [1.54, 1.807) is 20.8 Å². The lowest BCUT2D eigenvalue weighted by molar-refractivity contribution is -0.157. The monoisotopic (exact) mass is 374 g/mol. The molecule has 26 heavy (non-hydrogen) atoms. The van der Waals surface area contributed by atoms with Gasteiger partial charge in [-0.25, -0.2) is 4.79 Å². The van der Waals surface area contributed by atoms with E-state index in [1.165, 1.54) is 24.3 Å². The fraction of sp³-hybridized carbons (Fsp3) is 0.471. The van der Waals surface area contributed by atoms with E-state index in [1.807, 2.05) is 5.32 Å². The van der Waals surface area contributed by atoms with Crippen molar-refractivity contribution < 1.29 is 32.7 Å². The lowest BCUT2D eigenvalue weighted by Crippen LogP contribution is -2.43. The summed E-state index contributed by atoms with van der Waals surface area (Å²) in [4.78, 5) is 34.6. The largest absolute Gasteiger partial charge is 0.480 e. The van der Waals surface area contributed by atoms with E-state index in [0.29, 0.717) is 5.56 Å². The Kier molecular flexibility index (Phi) is 6.77. The smallest absolute Gasteiger partial charge is 0.391 e. The summed E-state index contributed by atoms with van der Waals surface area (Å²) >= 11 is 0. The summed E-state index contributed by atoms with van der Waals surface area (Å²) in [6.45, 7) is 5.50. The predicted octanol–water partition coefficient (Wildman–Crippen LogP) is 2.48. The van der Waals surface area contributed by atoms with Gasteiger partial charge in [0.1, 0.15) is 6.04 Å². The molecular weight excluding hydrogens is 353 g/mol. The van der Waals surface area contributed by atoms with Crippen LogP contribution in [0.2, 0.25) is 0 Å². The number of hydrogen-bond acceptors (Lipinski definition) is 3. The molecule has 9 heteroatoms. The number of benzene rings is 1. The standard InChI is InChI=1S/C17H21F3N2O4/c1-16(2,3)15(26)21-9-10-4-6-11(7-5-10)13(23)22-12(14(24)25)8-17(18,19)20/h4-7,12H,8-9H2,1-3H3,(H,21,26)(H,22,23)(H,24,25). The number of carbonyl (C=O) groups is 3. The van der Waals surface area contributed by atoms with E-state index in [9.17, 15) is 27.6 Å². The number of hydrogen-bond donors (Lipinski definition) is 3. The molecule has 0 fully saturated rings. The Morgan fingerprint density at radius 1 is 1.08 bits per heavy atom. The van der Waals surface area contributed by atoms with Crippen LogP contribution < -0.4 is 10.6 Å². The minimum absolute atomic E-state index is 0.0179. The summed E-state index contributed by atoms with van der Waals surface area (Å²) in [5.74, 6) is -2.85. The van der Waals surface area contributed by atoms with Gasteiger partial charge >= 0.3 is 12.1 Å². The Bertz CT molecular complexity index is 664. The molecular formula is C17H21F3N2O4. The molecule has 2 amide bonds. The first-order valence-corrected chi connectivity index (χ1v) is 7.77. The number of nitrogens with one attached hydrogen (secondary N) is 2. The SMILES string of the molecule is CC(C)(C)C(=O)NCc1ccc(C(=O)NC(CC(F)(F)F)C(=O)O)cc1. The van der Waals surface area contributed by atoms with E-state index >= 15 is 0 Å². The van der Waals surface area contributed by atoms with Crippen molar-refractivity contribution in [2.45, 2.75) is 46.0 Å². The molecule has 0 radical (unpaired) electrons. The van der Waals surface area contributed by atoms with E-state index in [0.717, 1.165) is 0 Å². The topological polar surface area (TPSA) is 95.5 Å². The van der Waals surface area contributed by atoms with Crippen molar-refractivity contribution in [3.63, 3.8) is 0 Å². The summed E-state index contributed by atoms with van der Waals surface area (Å²) in [6, 6.07) is 3.68. The quantitative estimate of drug-likeness (QED) is 0.713. The number of alkyl halides is 3. The predicted molar refractivity (Wildman–Crippen MR) is 87.3 cm³/mol. The average molecular weight is 374 g/mol. The van der Waals surface area contributed by atoms with Crippen molar-refractivity contribution in [1.29, 1.82) is 0 Å². The molecule has 0 saturated carbocycles. The van der Waals surface area contributed by atoms with Gasteiger partial charge in [-0.05, 0) is 17.7 Å². The van der Waals surface area contributed by atoms with Gasteiger partial charge in [0.25, 0.3) is 5.91 Å². The zero-order valence-corrected chi connectivity index (χ0v) is 14.6. The van der Waals surface area contributed by atoms with Crippen molar-refractivity contribution >= 4 is 17.8 Å². The van der Waals surface area contributed by atoms with Crippen LogP contribution in [0.1, 0.15) is 43.1 Å². The van der Waals surface area contributed by atoms with Crippen LogP contribution in [0.4, 0.5) is 13.2 Å². The maximum atomic E-state index is 12.4. The molecule has 0 aliphatic rings. The fourth-order valence-corrected chi connectivity index (χ4v) is 1.89. The Morgan fingerprint density at radius 3 is 2.04 bits per heavy atom. The molecule has 1 aromatic rings. The van der Waals surface area contributed by atoms with Gasteiger partial charge in [0.15, 0.2) is 0 Å². The highest BCUT2D eigenvalue weighted by Crippen LogP contribution is 2.22. The molecule has 0 aromatic heterocycles. The van der Waals surface area contributed by atoms with Crippen LogP contribution in [0, 0.1) is 5.41 Å². The normalized spacial score (nSPS) is 13.0. The van der Waals surface area contributed by atoms with Crippen molar-refractivity contribution in [2.24, 2.45) is 5.41 Å². The Balaban J connectivity index is 2.71. The van der Waals surface area contributed by atoms with Crippen LogP contribution >= 0.6 is 0 Å². The van der Waals surface area contributed by atoms with E-state index in [2.05, 4.69) is 5.32 Å². The van der Waals surface area contributed by atoms with E-state index in [-0.39, 0.29) is 18.0 Å². The summed E-state index contributed by atoms with van der Waals surface area (Å²) < 4.78 is 37.1. The third kappa shape index (κ3) is 7.12. The number of amides is 2. The van der Waals surface area contributed by atoms with Gasteiger partial charge in [-0.1, -0.05) is 32.9 Å². The zero-order valence-electron chi connectivity index (χ0n) is 14.6. The van der Waals surface area contributed by atoms with Gasteiger partial charge in [-0.2, -0.15) is 13.2 Å². The summed E-state index contributed by atoms with van der Waals surface area (Å²) in [7, 11) is 0. The number of halogens is 3.